The van der Waals surface area contributed by atoms with Crippen LogP contribution in [0.1, 0.15) is 30.7 Å². The Balaban J connectivity index is 1.61. The third-order valence-corrected chi connectivity index (χ3v) is 5.26. The van der Waals surface area contributed by atoms with E-state index in [0.717, 1.165) is 16.3 Å². The van der Waals surface area contributed by atoms with E-state index < -0.39 is 5.97 Å². The van der Waals surface area contributed by atoms with Crippen LogP contribution in [0.15, 0.2) is 29.6 Å². The van der Waals surface area contributed by atoms with Crippen LogP contribution in [0, 0.1) is 12.8 Å². The second-order valence-electron chi connectivity index (χ2n) is 6.28. The third kappa shape index (κ3) is 4.36. The van der Waals surface area contributed by atoms with Crippen molar-refractivity contribution in [3.63, 3.8) is 0 Å². The molecule has 2 aromatic rings. The lowest BCUT2D eigenvalue weighted by atomic mass is 9.86. The fourth-order valence-corrected chi connectivity index (χ4v) is 3.74. The minimum atomic E-state index is -0.740. The Labute approximate surface area is 150 Å². The van der Waals surface area contributed by atoms with E-state index in [1.165, 1.54) is 0 Å². The van der Waals surface area contributed by atoms with Gasteiger partial charge in [-0.2, -0.15) is 0 Å². The number of amides is 2. The van der Waals surface area contributed by atoms with Crippen molar-refractivity contribution in [3.8, 4) is 11.3 Å². The molecule has 0 atom stereocenters. The smallest absolute Gasteiger partial charge is 0.319 e. The Kier molecular flexibility index (Phi) is 5.33. The van der Waals surface area contributed by atoms with E-state index in [1.807, 2.05) is 36.6 Å². The van der Waals surface area contributed by atoms with Gasteiger partial charge in [-0.05, 0) is 38.7 Å². The number of nitrogens with one attached hydrogen (secondary N) is 2. The maximum Gasteiger partial charge on any atom is 0.319 e. The quantitative estimate of drug-likeness (QED) is 0.772. The van der Waals surface area contributed by atoms with Crippen LogP contribution in [-0.4, -0.2) is 28.1 Å². The Hall–Kier alpha value is -2.41. The van der Waals surface area contributed by atoms with Crippen LogP contribution >= 0.6 is 11.3 Å². The maximum atomic E-state index is 12.3. The Morgan fingerprint density at radius 2 is 1.92 bits per heavy atom. The fraction of sp³-hybridized carbons (Fsp3) is 0.389. The fourth-order valence-electron chi connectivity index (χ4n) is 3.13. The Bertz CT molecular complexity index is 766. The second kappa shape index (κ2) is 7.65. The molecule has 0 radical (unpaired) electrons. The number of aryl methyl sites for hydroxylation is 1. The van der Waals surface area contributed by atoms with Crippen molar-refractivity contribution >= 4 is 29.0 Å². The molecule has 1 aromatic heterocycles. The Morgan fingerprint density at radius 1 is 1.20 bits per heavy atom. The number of hydrogen-bond acceptors (Lipinski definition) is 4. The van der Waals surface area contributed by atoms with Gasteiger partial charge in [0.2, 0.25) is 0 Å². The molecule has 1 fully saturated rings. The first-order chi connectivity index (χ1) is 12.0. The number of urea groups is 1. The van der Waals surface area contributed by atoms with Crippen molar-refractivity contribution in [2.45, 2.75) is 38.6 Å². The van der Waals surface area contributed by atoms with Crippen LogP contribution in [0.4, 0.5) is 10.5 Å². The number of benzene rings is 1. The first-order valence-electron chi connectivity index (χ1n) is 8.35. The van der Waals surface area contributed by atoms with Gasteiger partial charge in [0.25, 0.3) is 0 Å². The zero-order chi connectivity index (χ0) is 17.8. The zero-order valence-electron chi connectivity index (χ0n) is 14.0. The number of carboxylic acids is 1. The van der Waals surface area contributed by atoms with Crippen molar-refractivity contribution in [1.82, 2.24) is 10.3 Å². The van der Waals surface area contributed by atoms with E-state index in [-0.39, 0.29) is 18.0 Å². The zero-order valence-corrected chi connectivity index (χ0v) is 14.8. The van der Waals surface area contributed by atoms with Gasteiger partial charge in [0.1, 0.15) is 0 Å². The topological polar surface area (TPSA) is 91.3 Å². The van der Waals surface area contributed by atoms with Crippen molar-refractivity contribution < 1.29 is 14.7 Å². The largest absolute Gasteiger partial charge is 0.481 e. The number of carbonyl (C=O) groups excluding carboxylic acids is 1. The molecule has 1 aromatic carbocycles. The van der Waals surface area contributed by atoms with E-state index in [4.69, 9.17) is 5.11 Å². The summed E-state index contributed by atoms with van der Waals surface area (Å²) in [5.41, 5.74) is 2.45. The number of thiazole rings is 1. The summed E-state index contributed by atoms with van der Waals surface area (Å²) >= 11 is 1.57. The van der Waals surface area contributed by atoms with E-state index in [1.54, 1.807) is 11.3 Å². The van der Waals surface area contributed by atoms with Crippen LogP contribution in [0.2, 0.25) is 0 Å². The molecule has 2 amide bonds. The molecule has 1 saturated carbocycles. The molecular formula is C18H21N3O3S. The highest BCUT2D eigenvalue weighted by atomic mass is 32.1. The molecule has 1 aliphatic rings. The number of nitrogens with zero attached hydrogens (tertiary/aromatic N) is 1. The summed E-state index contributed by atoms with van der Waals surface area (Å²) in [7, 11) is 0. The number of rotatable bonds is 4. The number of carboxylic acid groups (broad SMARTS) is 1. The molecule has 0 bridgehead atoms. The number of hydrogen-bond donors (Lipinski definition) is 3. The van der Waals surface area contributed by atoms with Gasteiger partial charge >= 0.3 is 12.0 Å². The second-order valence-corrected chi connectivity index (χ2v) is 7.34. The summed E-state index contributed by atoms with van der Waals surface area (Å²) in [5.74, 6) is -1.02. The molecule has 132 valence electrons. The van der Waals surface area contributed by atoms with Crippen molar-refractivity contribution in [3.05, 3.63) is 34.7 Å². The van der Waals surface area contributed by atoms with Crippen LogP contribution in [0.3, 0.4) is 0 Å². The number of aliphatic carboxylic acids is 1. The highest BCUT2D eigenvalue weighted by Crippen LogP contribution is 2.29. The molecule has 1 heterocycles. The summed E-state index contributed by atoms with van der Waals surface area (Å²) < 4.78 is 0. The van der Waals surface area contributed by atoms with Crippen LogP contribution < -0.4 is 10.6 Å². The number of para-hydroxylation sites is 1. The number of anilines is 1. The molecule has 3 rings (SSSR count). The molecule has 0 spiro atoms. The third-order valence-electron chi connectivity index (χ3n) is 4.48. The molecule has 0 saturated heterocycles. The maximum absolute atomic E-state index is 12.3. The molecule has 25 heavy (non-hydrogen) atoms. The highest BCUT2D eigenvalue weighted by molar-refractivity contribution is 7.09. The van der Waals surface area contributed by atoms with Crippen molar-refractivity contribution in [1.29, 1.82) is 0 Å². The van der Waals surface area contributed by atoms with Gasteiger partial charge in [-0.15, -0.1) is 11.3 Å². The molecule has 6 nitrogen and oxygen atoms in total. The minimum absolute atomic E-state index is 0.0179. The van der Waals surface area contributed by atoms with Gasteiger partial charge < -0.3 is 15.7 Å². The molecule has 3 N–H and O–H groups in total. The lowest BCUT2D eigenvalue weighted by Gasteiger charge is -2.27. The molecule has 7 heteroatoms. The predicted molar refractivity (Wildman–Crippen MR) is 97.8 cm³/mol. The van der Waals surface area contributed by atoms with Gasteiger partial charge in [-0.25, -0.2) is 9.78 Å². The first-order valence-corrected chi connectivity index (χ1v) is 9.22. The van der Waals surface area contributed by atoms with E-state index >= 15 is 0 Å². The number of carbonyl (C=O) groups is 2. The van der Waals surface area contributed by atoms with Gasteiger partial charge in [0.15, 0.2) is 0 Å². The van der Waals surface area contributed by atoms with Crippen LogP contribution in [0.25, 0.3) is 11.3 Å². The highest BCUT2D eigenvalue weighted by Gasteiger charge is 2.26. The molecule has 1 aliphatic carbocycles. The predicted octanol–water partition coefficient (Wildman–Crippen LogP) is 3.88. The van der Waals surface area contributed by atoms with E-state index in [0.29, 0.717) is 31.4 Å². The van der Waals surface area contributed by atoms with E-state index in [2.05, 4.69) is 15.6 Å². The van der Waals surface area contributed by atoms with Gasteiger partial charge in [0.05, 0.1) is 22.3 Å². The number of aromatic nitrogens is 1. The van der Waals surface area contributed by atoms with Crippen LogP contribution in [-0.2, 0) is 4.79 Å². The summed E-state index contributed by atoms with van der Waals surface area (Å²) in [5, 5.41) is 17.8. The normalized spacial score (nSPS) is 20.0. The summed E-state index contributed by atoms with van der Waals surface area (Å²) in [6.45, 7) is 1.95. The first kappa shape index (κ1) is 17.4. The lowest BCUT2D eigenvalue weighted by Crippen LogP contribution is -2.41. The van der Waals surface area contributed by atoms with Crippen molar-refractivity contribution in [2.75, 3.05) is 5.32 Å². The molecule has 0 unspecified atom stereocenters. The average Bonchev–Trinajstić information content (AvgIpc) is 3.02. The minimum Gasteiger partial charge on any atom is -0.481 e. The summed E-state index contributed by atoms with van der Waals surface area (Å²) in [4.78, 5) is 27.8. The molecule has 0 aliphatic heterocycles. The van der Waals surface area contributed by atoms with Crippen LogP contribution in [0.5, 0.6) is 0 Å². The monoisotopic (exact) mass is 359 g/mol. The van der Waals surface area contributed by atoms with Gasteiger partial charge in [0, 0.05) is 17.0 Å². The summed E-state index contributed by atoms with van der Waals surface area (Å²) in [6, 6.07) is 7.33. The Morgan fingerprint density at radius 3 is 2.56 bits per heavy atom. The lowest BCUT2D eigenvalue weighted by molar-refractivity contribution is -0.142. The van der Waals surface area contributed by atoms with E-state index in [9.17, 15) is 9.59 Å². The van der Waals surface area contributed by atoms with Gasteiger partial charge in [-0.3, -0.25) is 4.79 Å². The standard InChI is InChI=1S/C18H21N3O3S/c1-11-19-16(10-25-11)14-4-2-3-5-15(14)21-18(24)20-13-8-6-12(7-9-13)17(22)23/h2-5,10,12-13H,6-9H2,1H3,(H,22,23)(H2,20,21,24). The SMILES string of the molecule is Cc1nc(-c2ccccc2NC(=O)NC2CCC(C(=O)O)CC2)cs1. The molecular weight excluding hydrogens is 338 g/mol. The van der Waals surface area contributed by atoms with Crippen molar-refractivity contribution in [2.24, 2.45) is 5.92 Å². The average molecular weight is 359 g/mol. The summed E-state index contributed by atoms with van der Waals surface area (Å²) in [6.07, 6.45) is 2.60. The van der Waals surface area contributed by atoms with Gasteiger partial charge in [-0.1, -0.05) is 18.2 Å².